The van der Waals surface area contributed by atoms with Gasteiger partial charge in [0.2, 0.25) is 11.7 Å². The van der Waals surface area contributed by atoms with Gasteiger partial charge in [0.25, 0.3) is 0 Å². The first-order chi connectivity index (χ1) is 10.3. The van der Waals surface area contributed by atoms with Gasteiger partial charge in [0.1, 0.15) is 6.33 Å². The van der Waals surface area contributed by atoms with Crippen molar-refractivity contribution in [1.29, 1.82) is 0 Å². The third kappa shape index (κ3) is 3.96. The number of hydrogen-bond acceptors (Lipinski definition) is 6. The highest BCUT2D eigenvalue weighted by Gasteiger charge is 2.18. The van der Waals surface area contributed by atoms with E-state index in [1.165, 1.54) is 12.7 Å². The zero-order valence-corrected chi connectivity index (χ0v) is 12.7. The molecule has 7 heteroatoms. The molecule has 0 aliphatic carbocycles. The molecule has 1 aliphatic heterocycles. The quantitative estimate of drug-likeness (QED) is 0.824. The van der Waals surface area contributed by atoms with Gasteiger partial charge in [0, 0.05) is 19.6 Å². The highest BCUT2D eigenvalue weighted by atomic mass is 16.5. The SMILES string of the molecule is CCNc1ncnc(NCC(=O)N2CCCCC2)c1OC. The summed E-state index contributed by atoms with van der Waals surface area (Å²) >= 11 is 0. The van der Waals surface area contributed by atoms with Gasteiger partial charge >= 0.3 is 0 Å². The Labute approximate surface area is 125 Å². The molecule has 0 unspecified atom stereocenters. The van der Waals surface area contributed by atoms with Crippen LogP contribution in [0.4, 0.5) is 11.6 Å². The molecule has 1 fully saturated rings. The van der Waals surface area contributed by atoms with E-state index in [2.05, 4.69) is 20.6 Å². The number of rotatable bonds is 6. The van der Waals surface area contributed by atoms with Crippen LogP contribution in [0.5, 0.6) is 5.75 Å². The van der Waals surface area contributed by atoms with Crippen molar-refractivity contribution in [2.24, 2.45) is 0 Å². The van der Waals surface area contributed by atoms with E-state index in [0.717, 1.165) is 32.5 Å². The average Bonchev–Trinajstić information content (AvgIpc) is 2.54. The van der Waals surface area contributed by atoms with Crippen molar-refractivity contribution in [3.63, 3.8) is 0 Å². The highest BCUT2D eigenvalue weighted by Crippen LogP contribution is 2.28. The number of amides is 1. The third-order valence-corrected chi connectivity index (χ3v) is 3.47. The van der Waals surface area contributed by atoms with E-state index in [1.54, 1.807) is 7.11 Å². The lowest BCUT2D eigenvalue weighted by atomic mass is 10.1. The number of carbonyl (C=O) groups excluding carboxylic acids is 1. The van der Waals surface area contributed by atoms with Crippen molar-refractivity contribution in [1.82, 2.24) is 14.9 Å². The van der Waals surface area contributed by atoms with Crippen LogP contribution in [0.15, 0.2) is 6.33 Å². The largest absolute Gasteiger partial charge is 0.490 e. The number of nitrogens with one attached hydrogen (secondary N) is 2. The maximum Gasteiger partial charge on any atom is 0.241 e. The molecule has 1 aromatic heterocycles. The van der Waals surface area contributed by atoms with E-state index < -0.39 is 0 Å². The summed E-state index contributed by atoms with van der Waals surface area (Å²) in [5, 5.41) is 6.16. The fourth-order valence-corrected chi connectivity index (χ4v) is 2.40. The fourth-order valence-electron chi connectivity index (χ4n) is 2.40. The van der Waals surface area contributed by atoms with Gasteiger partial charge in [-0.3, -0.25) is 4.79 Å². The summed E-state index contributed by atoms with van der Waals surface area (Å²) in [6.45, 7) is 4.64. The number of hydrogen-bond donors (Lipinski definition) is 2. The second-order valence-corrected chi connectivity index (χ2v) is 4.93. The van der Waals surface area contributed by atoms with E-state index in [-0.39, 0.29) is 12.5 Å². The monoisotopic (exact) mass is 293 g/mol. The molecule has 2 N–H and O–H groups in total. The van der Waals surface area contributed by atoms with E-state index in [0.29, 0.717) is 17.4 Å². The summed E-state index contributed by atoms with van der Waals surface area (Å²) in [4.78, 5) is 22.3. The number of carbonyl (C=O) groups is 1. The molecular weight excluding hydrogens is 270 g/mol. The van der Waals surface area contributed by atoms with Crippen LogP contribution in [-0.4, -0.2) is 54.1 Å². The summed E-state index contributed by atoms with van der Waals surface area (Å²) in [6, 6.07) is 0. The summed E-state index contributed by atoms with van der Waals surface area (Å²) in [6.07, 6.45) is 4.84. The van der Waals surface area contributed by atoms with Crippen LogP contribution >= 0.6 is 0 Å². The minimum absolute atomic E-state index is 0.0976. The Bertz CT molecular complexity index is 474. The minimum atomic E-state index is 0.0976. The van der Waals surface area contributed by atoms with E-state index in [4.69, 9.17) is 4.74 Å². The Balaban J connectivity index is 1.98. The molecule has 0 spiro atoms. The summed E-state index contributed by atoms with van der Waals surface area (Å²) in [5.74, 6) is 1.79. The van der Waals surface area contributed by atoms with Gasteiger partial charge < -0.3 is 20.3 Å². The fraction of sp³-hybridized carbons (Fsp3) is 0.643. The molecule has 0 aromatic carbocycles. The molecule has 116 valence electrons. The molecular formula is C14H23N5O2. The number of aromatic nitrogens is 2. The van der Waals surface area contributed by atoms with Gasteiger partial charge in [-0.1, -0.05) is 0 Å². The average molecular weight is 293 g/mol. The summed E-state index contributed by atoms with van der Waals surface area (Å²) < 4.78 is 5.33. The van der Waals surface area contributed by atoms with Gasteiger partial charge in [0.05, 0.1) is 13.7 Å². The Hall–Kier alpha value is -2.05. The van der Waals surface area contributed by atoms with Gasteiger partial charge in [0.15, 0.2) is 11.6 Å². The van der Waals surface area contributed by atoms with Crippen LogP contribution in [0.25, 0.3) is 0 Å². The molecule has 0 saturated carbocycles. The standard InChI is InChI=1S/C14H23N5O2/c1-3-15-13-12(21-2)14(18-10-17-13)16-9-11(20)19-7-5-4-6-8-19/h10H,3-9H2,1-2H3,(H2,15,16,17,18). The predicted molar refractivity (Wildman–Crippen MR) is 81.7 cm³/mol. The normalized spacial score (nSPS) is 14.7. The Morgan fingerprint density at radius 3 is 2.52 bits per heavy atom. The predicted octanol–water partition coefficient (Wildman–Crippen LogP) is 1.34. The molecule has 7 nitrogen and oxygen atoms in total. The van der Waals surface area contributed by atoms with Crippen LogP contribution in [0.2, 0.25) is 0 Å². The molecule has 1 saturated heterocycles. The maximum atomic E-state index is 12.1. The van der Waals surface area contributed by atoms with Crippen molar-refractivity contribution >= 4 is 17.5 Å². The Morgan fingerprint density at radius 1 is 1.24 bits per heavy atom. The van der Waals surface area contributed by atoms with Crippen molar-refractivity contribution in [3.05, 3.63) is 6.33 Å². The molecule has 0 radical (unpaired) electrons. The molecule has 2 rings (SSSR count). The lowest BCUT2D eigenvalue weighted by molar-refractivity contribution is -0.130. The molecule has 1 amide bonds. The van der Waals surface area contributed by atoms with Crippen LogP contribution < -0.4 is 15.4 Å². The van der Waals surface area contributed by atoms with Crippen LogP contribution in [0, 0.1) is 0 Å². The van der Waals surface area contributed by atoms with Crippen molar-refractivity contribution in [2.45, 2.75) is 26.2 Å². The highest BCUT2D eigenvalue weighted by molar-refractivity contribution is 5.81. The number of methoxy groups -OCH3 is 1. The van der Waals surface area contributed by atoms with E-state index in [1.807, 2.05) is 11.8 Å². The van der Waals surface area contributed by atoms with Crippen LogP contribution in [-0.2, 0) is 4.79 Å². The van der Waals surface area contributed by atoms with Gasteiger partial charge in [-0.05, 0) is 26.2 Å². The van der Waals surface area contributed by atoms with Crippen LogP contribution in [0.1, 0.15) is 26.2 Å². The number of likely N-dealkylation sites (tertiary alicyclic amines) is 1. The zero-order valence-electron chi connectivity index (χ0n) is 12.7. The smallest absolute Gasteiger partial charge is 0.241 e. The number of ether oxygens (including phenoxy) is 1. The van der Waals surface area contributed by atoms with E-state index >= 15 is 0 Å². The first kappa shape index (κ1) is 15.3. The Morgan fingerprint density at radius 2 is 1.90 bits per heavy atom. The number of piperidine rings is 1. The van der Waals surface area contributed by atoms with Gasteiger partial charge in [-0.25, -0.2) is 9.97 Å². The van der Waals surface area contributed by atoms with Crippen molar-refractivity contribution in [3.8, 4) is 5.75 Å². The van der Waals surface area contributed by atoms with Crippen LogP contribution in [0.3, 0.4) is 0 Å². The first-order valence-electron chi connectivity index (χ1n) is 7.40. The molecule has 21 heavy (non-hydrogen) atoms. The third-order valence-electron chi connectivity index (χ3n) is 3.47. The molecule has 2 heterocycles. The maximum absolute atomic E-state index is 12.1. The van der Waals surface area contributed by atoms with Gasteiger partial charge in [-0.15, -0.1) is 0 Å². The molecule has 0 bridgehead atoms. The first-order valence-corrected chi connectivity index (χ1v) is 7.40. The summed E-state index contributed by atoms with van der Waals surface area (Å²) in [5.41, 5.74) is 0. The van der Waals surface area contributed by atoms with Crippen molar-refractivity contribution in [2.75, 3.05) is 43.9 Å². The topological polar surface area (TPSA) is 79.4 Å². The molecule has 0 atom stereocenters. The van der Waals surface area contributed by atoms with Crippen molar-refractivity contribution < 1.29 is 9.53 Å². The number of nitrogens with zero attached hydrogens (tertiary/aromatic N) is 3. The second-order valence-electron chi connectivity index (χ2n) is 4.93. The number of anilines is 2. The van der Waals surface area contributed by atoms with Gasteiger partial charge in [-0.2, -0.15) is 0 Å². The lowest BCUT2D eigenvalue weighted by Crippen LogP contribution is -2.39. The Kier molecular flexibility index (Phi) is 5.59. The zero-order chi connectivity index (χ0) is 15.1. The molecule has 1 aliphatic rings. The summed E-state index contributed by atoms with van der Waals surface area (Å²) in [7, 11) is 1.57. The second kappa shape index (κ2) is 7.66. The lowest BCUT2D eigenvalue weighted by Gasteiger charge is -2.27. The van der Waals surface area contributed by atoms with E-state index in [9.17, 15) is 4.79 Å². The minimum Gasteiger partial charge on any atom is -0.490 e. The molecule has 1 aromatic rings.